The zero-order valence-corrected chi connectivity index (χ0v) is 29.4. The zero-order chi connectivity index (χ0) is 34.3. The summed E-state index contributed by atoms with van der Waals surface area (Å²) in [5, 5.41) is 26.1. The number of hydrazine groups is 1. The van der Waals surface area contributed by atoms with E-state index in [1.165, 1.54) is 24.3 Å². The van der Waals surface area contributed by atoms with Crippen LogP contribution in [-0.4, -0.2) is 46.0 Å². The highest BCUT2D eigenvalue weighted by molar-refractivity contribution is 7.72. The number of aliphatic hydroxyl groups is 1. The number of nitrogens with one attached hydrogen (secondary N) is 2. The molecule has 1 rings (SSSR count). The van der Waals surface area contributed by atoms with Crippen molar-refractivity contribution < 1.29 is 10.0 Å². The molecule has 236 valence electrons. The summed E-state index contributed by atoms with van der Waals surface area (Å²) in [5.74, 6) is 17.2. The van der Waals surface area contributed by atoms with Crippen LogP contribution in [0.4, 0.5) is 5.69 Å². The molecule has 0 aliphatic heterocycles. The van der Waals surface area contributed by atoms with Gasteiger partial charge in [-0.1, -0.05) is 33.6 Å². The normalized spacial score (nSPS) is 9.52. The first kappa shape index (κ1) is 44.7. The molecule has 0 aliphatic rings. The molecule has 0 heterocycles. The maximum atomic E-state index is 10.1. The molecule has 11 heteroatoms. The standard InChI is InChI=1S/C13H5P.C7H19N4P.C7H7NO3.C6H15N/c1-4-7-10-13-14(11-8-5-2)12-9-6-3;1-6(2)8-10-12-11(5)9-7(3)4;9-5-6-1-3-7(4-2-6)8(10)11;1-5(2)7-6(3)4/h2-3H,1H3;6-7,9,12H,1-5H3;1-4,9H,5H2;5-7H,1-4H3. The topological polar surface area (TPSA) is 115 Å². The van der Waals surface area contributed by atoms with Crippen molar-refractivity contribution >= 4 is 22.5 Å². The molecule has 1 atom stereocenters. The van der Waals surface area contributed by atoms with E-state index in [0.717, 1.165) is 0 Å². The first-order valence-corrected chi connectivity index (χ1v) is 15.9. The molecule has 1 unspecified atom stereocenters. The van der Waals surface area contributed by atoms with Crippen LogP contribution in [0.15, 0.2) is 34.3 Å². The third-order valence-corrected chi connectivity index (χ3v) is 5.41. The molecule has 9 nitrogen and oxygen atoms in total. The van der Waals surface area contributed by atoms with E-state index in [9.17, 15) is 10.1 Å². The van der Waals surface area contributed by atoms with Crippen LogP contribution in [0.1, 0.15) is 67.9 Å². The van der Waals surface area contributed by atoms with Crippen LogP contribution in [0.25, 0.3) is 0 Å². The number of nitro groups is 1. The van der Waals surface area contributed by atoms with Gasteiger partial charge in [0, 0.05) is 37.3 Å². The lowest BCUT2D eigenvalue weighted by Crippen LogP contribution is -2.33. The highest BCUT2D eigenvalue weighted by Crippen LogP contribution is 2.29. The minimum absolute atomic E-state index is 0.0437. The molecular weight excluding hydrogens is 590 g/mol. The van der Waals surface area contributed by atoms with E-state index in [2.05, 4.69) is 121 Å². The molecule has 0 amide bonds. The number of rotatable bonds is 9. The summed E-state index contributed by atoms with van der Waals surface area (Å²) < 4.78 is 1.95. The van der Waals surface area contributed by atoms with Crippen molar-refractivity contribution in [3.63, 3.8) is 0 Å². The zero-order valence-electron chi connectivity index (χ0n) is 27.5. The average Bonchev–Trinajstić information content (AvgIpc) is 2.94. The first-order valence-electron chi connectivity index (χ1n) is 13.6. The first-order chi connectivity index (χ1) is 20.7. The van der Waals surface area contributed by atoms with Gasteiger partial charge in [-0.25, -0.2) is 10.2 Å². The second-order valence-electron chi connectivity index (χ2n) is 9.52. The summed E-state index contributed by atoms with van der Waals surface area (Å²) >= 11 is 0. The van der Waals surface area contributed by atoms with Gasteiger partial charge in [0.25, 0.3) is 5.69 Å². The summed E-state index contributed by atoms with van der Waals surface area (Å²) in [6.07, 6.45) is 9.96. The maximum absolute atomic E-state index is 10.1. The molecule has 0 fully saturated rings. The second kappa shape index (κ2) is 30.7. The van der Waals surface area contributed by atoms with Gasteiger partial charge in [-0.3, -0.25) is 10.1 Å². The Morgan fingerprint density at radius 1 is 0.932 bits per heavy atom. The van der Waals surface area contributed by atoms with Crippen molar-refractivity contribution in [2.45, 2.75) is 93.1 Å². The number of aliphatic hydroxyl groups excluding tert-OH is 1. The lowest BCUT2D eigenvalue weighted by atomic mass is 10.2. The molecule has 0 saturated carbocycles. The molecule has 0 bridgehead atoms. The minimum Gasteiger partial charge on any atom is -0.392 e. The monoisotopic (exact) mass is 636 g/mol. The molecule has 44 heavy (non-hydrogen) atoms. The number of benzene rings is 1. The molecule has 0 aromatic heterocycles. The predicted molar refractivity (Wildman–Crippen MR) is 188 cm³/mol. The lowest BCUT2D eigenvalue weighted by molar-refractivity contribution is -0.384. The Hall–Kier alpha value is -3.72. The van der Waals surface area contributed by atoms with Crippen molar-refractivity contribution in [2.24, 2.45) is 10.00 Å². The van der Waals surface area contributed by atoms with Crippen LogP contribution in [0.5, 0.6) is 0 Å². The summed E-state index contributed by atoms with van der Waals surface area (Å²) in [6.45, 7) is 18.5. The van der Waals surface area contributed by atoms with Gasteiger partial charge in [0.05, 0.1) is 17.6 Å². The molecule has 0 saturated heterocycles. The molecule has 1 aromatic rings. The van der Waals surface area contributed by atoms with Gasteiger partial charge < -0.3 is 10.4 Å². The fourth-order valence-electron chi connectivity index (χ4n) is 2.42. The van der Waals surface area contributed by atoms with E-state index in [4.69, 9.17) is 18.0 Å². The SMILES string of the molecule is C#CC#CP(C#CC#C)C#CC#CC.CC(C)N=NPN(C)NC(C)C.CC(C)NC(C)C.O=[N+]([O-])c1ccc(CO)cc1. The van der Waals surface area contributed by atoms with Crippen LogP contribution in [0.3, 0.4) is 0 Å². The van der Waals surface area contributed by atoms with Crippen LogP contribution in [0.2, 0.25) is 0 Å². The van der Waals surface area contributed by atoms with E-state index in [1.807, 2.05) is 25.7 Å². The summed E-state index contributed by atoms with van der Waals surface area (Å²) in [7, 11) is 1.29. The van der Waals surface area contributed by atoms with Gasteiger partial charge in [-0.2, -0.15) is 10.00 Å². The fraction of sp³-hybridized carbons (Fsp3) is 0.455. The maximum Gasteiger partial charge on any atom is 0.269 e. The summed E-state index contributed by atoms with van der Waals surface area (Å²) in [4.78, 5) is 13.7. The van der Waals surface area contributed by atoms with Gasteiger partial charge in [-0.05, 0) is 105 Å². The highest BCUT2D eigenvalue weighted by Gasteiger charge is 2.02. The predicted octanol–water partition coefficient (Wildman–Crippen LogP) is 6.32. The molecular formula is C33H46N6O3P2. The van der Waals surface area contributed by atoms with Gasteiger partial charge in [0.1, 0.15) is 16.8 Å². The number of hydrogen-bond acceptors (Lipinski definition) is 8. The van der Waals surface area contributed by atoms with Crippen molar-refractivity contribution in [3.8, 4) is 71.3 Å². The van der Waals surface area contributed by atoms with Crippen molar-refractivity contribution in [1.82, 2.24) is 15.5 Å². The Morgan fingerprint density at radius 2 is 1.43 bits per heavy atom. The molecule has 0 spiro atoms. The Morgan fingerprint density at radius 3 is 1.77 bits per heavy atom. The smallest absolute Gasteiger partial charge is 0.269 e. The molecule has 0 radical (unpaired) electrons. The van der Waals surface area contributed by atoms with Crippen LogP contribution in [0, 0.1) is 81.4 Å². The molecule has 1 aromatic carbocycles. The number of hydrogen-bond donors (Lipinski definition) is 3. The van der Waals surface area contributed by atoms with Gasteiger partial charge in [0.2, 0.25) is 0 Å². The summed E-state index contributed by atoms with van der Waals surface area (Å²) in [6, 6.07) is 7.79. The van der Waals surface area contributed by atoms with E-state index in [-0.39, 0.29) is 12.3 Å². The fourth-order valence-corrected chi connectivity index (χ4v) is 3.84. The molecule has 3 N–H and O–H groups in total. The van der Waals surface area contributed by atoms with Gasteiger partial charge in [-0.15, -0.1) is 12.8 Å². The quantitative estimate of drug-likeness (QED) is 0.0961. The largest absolute Gasteiger partial charge is 0.392 e. The number of non-ortho nitro benzene ring substituents is 1. The van der Waals surface area contributed by atoms with Crippen LogP contribution >= 0.6 is 16.8 Å². The van der Waals surface area contributed by atoms with E-state index < -0.39 is 12.8 Å². The number of terminal acetylenes is 2. The van der Waals surface area contributed by atoms with Crippen molar-refractivity contribution in [1.29, 1.82) is 0 Å². The Labute approximate surface area is 269 Å². The number of nitro benzene ring substituents is 1. The lowest BCUT2D eigenvalue weighted by Gasteiger charge is -2.17. The Balaban J connectivity index is -0.000000522. The number of nitrogens with zero attached hydrogens (tertiary/aromatic N) is 4. The minimum atomic E-state index is -1.05. The van der Waals surface area contributed by atoms with E-state index >= 15 is 0 Å². The third kappa shape index (κ3) is 34.5. The highest BCUT2D eigenvalue weighted by atomic mass is 31.1. The molecule has 0 aliphatic carbocycles. The summed E-state index contributed by atoms with van der Waals surface area (Å²) in [5.41, 5.74) is 12.2. The Bertz CT molecular complexity index is 1260. The van der Waals surface area contributed by atoms with Crippen LogP contribution < -0.4 is 10.7 Å². The Kier molecular flexibility index (Phi) is 31.2. The van der Waals surface area contributed by atoms with Crippen LogP contribution in [-0.2, 0) is 6.61 Å². The van der Waals surface area contributed by atoms with Crippen molar-refractivity contribution in [3.05, 3.63) is 39.9 Å². The van der Waals surface area contributed by atoms with E-state index in [0.29, 0.717) is 38.6 Å². The van der Waals surface area contributed by atoms with Gasteiger partial charge in [0.15, 0.2) is 0 Å². The second-order valence-corrected chi connectivity index (χ2v) is 11.9. The van der Waals surface area contributed by atoms with Crippen molar-refractivity contribution in [2.75, 3.05) is 7.05 Å². The van der Waals surface area contributed by atoms with E-state index in [1.54, 1.807) is 6.92 Å². The van der Waals surface area contributed by atoms with Gasteiger partial charge >= 0.3 is 0 Å². The third-order valence-electron chi connectivity index (χ3n) is 3.77. The average molecular weight is 637 g/mol.